The molecule has 1 N–H and O–H groups in total. The molecule has 0 aromatic rings. The Hall–Kier alpha value is -0.310. The van der Waals surface area contributed by atoms with Crippen molar-refractivity contribution in [2.75, 3.05) is 19.6 Å². The average Bonchev–Trinajstić information content (AvgIpc) is 2.17. The van der Waals surface area contributed by atoms with E-state index in [1.165, 1.54) is 0 Å². The van der Waals surface area contributed by atoms with Crippen LogP contribution >= 0.6 is 11.6 Å². The molecular weight excluding hydrogens is 200 g/mol. The first kappa shape index (κ1) is 13.7. The molecule has 0 aliphatic carbocycles. The second-order valence-corrected chi connectivity index (χ2v) is 3.62. The third-order valence-electron chi connectivity index (χ3n) is 2.02. The van der Waals surface area contributed by atoms with Crippen LogP contribution in [0.2, 0.25) is 0 Å². The van der Waals surface area contributed by atoms with E-state index in [-0.39, 0.29) is 0 Å². The Bertz CT molecular complexity index is 199. The molecule has 0 amide bonds. The zero-order valence-corrected chi connectivity index (χ0v) is 9.68. The molecule has 0 rings (SSSR count). The zero-order chi connectivity index (χ0) is 11.0. The first-order chi connectivity index (χ1) is 6.61. The minimum Gasteiger partial charge on any atom is -0.389 e. The molecule has 0 radical (unpaired) electrons. The SMILES string of the molecule is C=C(C)C(O)CC/C(=C/COC)CCl. The number of hydrogen-bond donors (Lipinski definition) is 1. The maximum Gasteiger partial charge on any atom is 0.0747 e. The first-order valence-corrected chi connectivity index (χ1v) is 5.21. The summed E-state index contributed by atoms with van der Waals surface area (Å²) in [6, 6.07) is 0. The monoisotopic (exact) mass is 218 g/mol. The van der Waals surface area contributed by atoms with Gasteiger partial charge in [0, 0.05) is 13.0 Å². The van der Waals surface area contributed by atoms with Crippen molar-refractivity contribution in [3.8, 4) is 0 Å². The lowest BCUT2D eigenvalue weighted by atomic mass is 10.0. The van der Waals surface area contributed by atoms with Gasteiger partial charge in [0.2, 0.25) is 0 Å². The molecule has 1 unspecified atom stereocenters. The summed E-state index contributed by atoms with van der Waals surface area (Å²) in [5.74, 6) is 0.492. The van der Waals surface area contributed by atoms with Gasteiger partial charge in [-0.05, 0) is 19.8 Å². The van der Waals surface area contributed by atoms with Gasteiger partial charge in [0.15, 0.2) is 0 Å². The molecule has 3 heteroatoms. The van der Waals surface area contributed by atoms with Gasteiger partial charge in [-0.3, -0.25) is 0 Å². The van der Waals surface area contributed by atoms with Crippen molar-refractivity contribution in [3.63, 3.8) is 0 Å². The van der Waals surface area contributed by atoms with Crippen LogP contribution in [0.4, 0.5) is 0 Å². The van der Waals surface area contributed by atoms with Crippen molar-refractivity contribution in [1.82, 2.24) is 0 Å². The summed E-state index contributed by atoms with van der Waals surface area (Å²) in [4.78, 5) is 0. The van der Waals surface area contributed by atoms with E-state index in [2.05, 4.69) is 6.58 Å². The summed E-state index contributed by atoms with van der Waals surface area (Å²) in [7, 11) is 1.64. The van der Waals surface area contributed by atoms with Gasteiger partial charge in [0.1, 0.15) is 0 Å². The van der Waals surface area contributed by atoms with Crippen molar-refractivity contribution in [1.29, 1.82) is 0 Å². The van der Waals surface area contributed by atoms with E-state index in [4.69, 9.17) is 16.3 Å². The molecule has 0 aliphatic rings. The number of halogens is 1. The molecule has 0 saturated heterocycles. The largest absolute Gasteiger partial charge is 0.389 e. The van der Waals surface area contributed by atoms with E-state index in [9.17, 15) is 5.11 Å². The topological polar surface area (TPSA) is 29.5 Å². The van der Waals surface area contributed by atoms with Gasteiger partial charge < -0.3 is 9.84 Å². The molecule has 82 valence electrons. The van der Waals surface area contributed by atoms with Crippen LogP contribution in [-0.4, -0.2) is 30.8 Å². The number of rotatable bonds is 7. The first-order valence-electron chi connectivity index (χ1n) is 4.68. The molecule has 2 nitrogen and oxygen atoms in total. The minimum atomic E-state index is -0.427. The number of aliphatic hydroxyl groups is 1. The number of alkyl halides is 1. The summed E-state index contributed by atoms with van der Waals surface area (Å²) < 4.78 is 4.91. The van der Waals surface area contributed by atoms with Gasteiger partial charge >= 0.3 is 0 Å². The Kier molecular flexibility index (Phi) is 7.86. The predicted octanol–water partition coefficient (Wildman–Crippen LogP) is 2.52. The van der Waals surface area contributed by atoms with Crippen LogP contribution in [-0.2, 0) is 4.74 Å². The normalized spacial score (nSPS) is 14.1. The van der Waals surface area contributed by atoms with Gasteiger partial charge in [0.25, 0.3) is 0 Å². The Labute approximate surface area is 91.2 Å². The lowest BCUT2D eigenvalue weighted by Crippen LogP contribution is -2.07. The highest BCUT2D eigenvalue weighted by Crippen LogP contribution is 2.13. The van der Waals surface area contributed by atoms with Crippen LogP contribution in [0.15, 0.2) is 23.8 Å². The van der Waals surface area contributed by atoms with E-state index in [0.29, 0.717) is 18.9 Å². The van der Waals surface area contributed by atoms with Crippen LogP contribution in [0.5, 0.6) is 0 Å². The molecule has 0 fully saturated rings. The smallest absolute Gasteiger partial charge is 0.0747 e. The van der Waals surface area contributed by atoms with Gasteiger partial charge in [-0.1, -0.05) is 23.8 Å². The molecule has 0 aliphatic heterocycles. The van der Waals surface area contributed by atoms with Crippen molar-refractivity contribution >= 4 is 11.6 Å². The highest BCUT2D eigenvalue weighted by atomic mass is 35.5. The molecule has 0 spiro atoms. The molecule has 0 heterocycles. The van der Waals surface area contributed by atoms with Crippen molar-refractivity contribution < 1.29 is 9.84 Å². The van der Waals surface area contributed by atoms with Crippen molar-refractivity contribution in [3.05, 3.63) is 23.8 Å². The standard InChI is InChI=1S/C11H19ClO2/c1-9(2)11(13)5-4-10(8-12)6-7-14-3/h6,11,13H,1,4-5,7-8H2,2-3H3/b10-6-. The molecule has 0 aromatic heterocycles. The van der Waals surface area contributed by atoms with Crippen LogP contribution in [0.25, 0.3) is 0 Å². The molecule has 0 bridgehead atoms. The van der Waals surface area contributed by atoms with Crippen LogP contribution in [0.1, 0.15) is 19.8 Å². The Morgan fingerprint density at radius 1 is 1.64 bits per heavy atom. The van der Waals surface area contributed by atoms with E-state index in [1.54, 1.807) is 7.11 Å². The predicted molar refractivity (Wildman–Crippen MR) is 60.7 cm³/mol. The summed E-state index contributed by atoms with van der Waals surface area (Å²) in [5, 5.41) is 9.50. The van der Waals surface area contributed by atoms with E-state index in [0.717, 1.165) is 17.6 Å². The molecule has 0 aromatic carbocycles. The molecule has 14 heavy (non-hydrogen) atoms. The lowest BCUT2D eigenvalue weighted by molar-refractivity contribution is 0.200. The second-order valence-electron chi connectivity index (χ2n) is 3.35. The fourth-order valence-corrected chi connectivity index (χ4v) is 1.24. The van der Waals surface area contributed by atoms with Crippen LogP contribution in [0.3, 0.4) is 0 Å². The van der Waals surface area contributed by atoms with E-state index in [1.807, 2.05) is 13.0 Å². The number of methoxy groups -OCH3 is 1. The maximum atomic E-state index is 9.50. The van der Waals surface area contributed by atoms with Crippen molar-refractivity contribution in [2.45, 2.75) is 25.9 Å². The molecular formula is C11H19ClO2. The Balaban J connectivity index is 3.89. The summed E-state index contributed by atoms with van der Waals surface area (Å²) in [6.45, 7) is 6.09. The third-order valence-corrected chi connectivity index (χ3v) is 2.36. The van der Waals surface area contributed by atoms with Gasteiger partial charge in [0.05, 0.1) is 12.7 Å². The fourth-order valence-electron chi connectivity index (χ4n) is 0.993. The maximum absolute atomic E-state index is 9.50. The second kappa shape index (κ2) is 8.04. The van der Waals surface area contributed by atoms with Crippen LogP contribution in [0, 0.1) is 0 Å². The van der Waals surface area contributed by atoms with E-state index >= 15 is 0 Å². The van der Waals surface area contributed by atoms with Crippen molar-refractivity contribution in [2.24, 2.45) is 0 Å². The Morgan fingerprint density at radius 3 is 2.71 bits per heavy atom. The molecule has 0 saturated carbocycles. The fraction of sp³-hybridized carbons (Fsp3) is 0.636. The summed E-state index contributed by atoms with van der Waals surface area (Å²) in [5.41, 5.74) is 1.90. The number of aliphatic hydroxyl groups excluding tert-OH is 1. The highest BCUT2D eigenvalue weighted by molar-refractivity contribution is 6.19. The molecule has 1 atom stereocenters. The average molecular weight is 219 g/mol. The quantitative estimate of drug-likeness (QED) is 0.526. The van der Waals surface area contributed by atoms with E-state index < -0.39 is 6.10 Å². The van der Waals surface area contributed by atoms with Gasteiger partial charge in [-0.2, -0.15) is 0 Å². The number of allylic oxidation sites excluding steroid dienone is 1. The van der Waals surface area contributed by atoms with Gasteiger partial charge in [-0.15, -0.1) is 11.6 Å². The third kappa shape index (κ3) is 6.19. The lowest BCUT2D eigenvalue weighted by Gasteiger charge is -2.10. The summed E-state index contributed by atoms with van der Waals surface area (Å²) >= 11 is 5.74. The number of hydrogen-bond acceptors (Lipinski definition) is 2. The minimum absolute atomic E-state index is 0.427. The highest BCUT2D eigenvalue weighted by Gasteiger charge is 2.05. The zero-order valence-electron chi connectivity index (χ0n) is 8.92. The summed E-state index contributed by atoms with van der Waals surface area (Å²) in [6.07, 6.45) is 3.00. The Morgan fingerprint density at radius 2 is 2.29 bits per heavy atom. The van der Waals surface area contributed by atoms with Gasteiger partial charge in [-0.25, -0.2) is 0 Å². The number of ether oxygens (including phenoxy) is 1. The van der Waals surface area contributed by atoms with Crippen LogP contribution < -0.4 is 0 Å².